The van der Waals surface area contributed by atoms with Crippen molar-refractivity contribution in [2.24, 2.45) is 24.8 Å². The number of aromatic nitrogens is 2. The smallest absolute Gasteiger partial charge is 0.269 e. The first-order valence-corrected chi connectivity index (χ1v) is 7.92. The van der Waals surface area contributed by atoms with Crippen molar-refractivity contribution < 1.29 is 4.79 Å². The summed E-state index contributed by atoms with van der Waals surface area (Å²) in [6.45, 7) is 4.22. The molecule has 0 aliphatic heterocycles. The molecule has 4 heteroatoms. The van der Waals surface area contributed by atoms with Crippen LogP contribution in [0.4, 0.5) is 0 Å². The molecule has 2 aliphatic carbocycles. The van der Waals surface area contributed by atoms with Crippen molar-refractivity contribution in [3.8, 4) is 0 Å². The van der Waals surface area contributed by atoms with E-state index in [0.29, 0.717) is 11.6 Å². The maximum atomic E-state index is 12.4. The van der Waals surface area contributed by atoms with Crippen molar-refractivity contribution in [2.75, 3.05) is 0 Å². The van der Waals surface area contributed by atoms with E-state index < -0.39 is 0 Å². The van der Waals surface area contributed by atoms with Crippen LogP contribution in [0.25, 0.3) is 0 Å². The van der Waals surface area contributed by atoms with E-state index in [1.165, 1.54) is 25.7 Å². The predicted octanol–water partition coefficient (Wildman–Crippen LogP) is 2.54. The zero-order valence-electron chi connectivity index (χ0n) is 12.7. The minimum absolute atomic E-state index is 0.0231. The fourth-order valence-electron chi connectivity index (χ4n) is 4.21. The van der Waals surface area contributed by atoms with E-state index in [9.17, 15) is 4.79 Å². The Morgan fingerprint density at radius 2 is 2.30 bits per heavy atom. The standard InChI is InChI=1S/C16H25N3O/c1-4-13-9-15(19(3)18-13)16(20)17-10(2)14-8-11-5-6-12(14)7-11/h9-12,14H,4-8H2,1-3H3,(H,17,20)/t10-,11+,12+,14-/m0/s1. The van der Waals surface area contributed by atoms with Crippen molar-refractivity contribution in [3.05, 3.63) is 17.5 Å². The third-order valence-corrected chi connectivity index (χ3v) is 5.32. The van der Waals surface area contributed by atoms with E-state index in [2.05, 4.69) is 24.3 Å². The molecule has 1 amide bonds. The lowest BCUT2D eigenvalue weighted by molar-refractivity contribution is 0.0905. The molecule has 0 unspecified atom stereocenters. The second-order valence-electron chi connectivity index (χ2n) is 6.60. The van der Waals surface area contributed by atoms with E-state index in [1.54, 1.807) is 4.68 Å². The summed E-state index contributed by atoms with van der Waals surface area (Å²) in [6.07, 6.45) is 6.32. The third-order valence-electron chi connectivity index (χ3n) is 5.32. The highest BCUT2D eigenvalue weighted by atomic mass is 16.2. The number of nitrogens with zero attached hydrogens (tertiary/aromatic N) is 2. The van der Waals surface area contributed by atoms with Gasteiger partial charge in [-0.3, -0.25) is 9.48 Å². The fraction of sp³-hybridized carbons (Fsp3) is 0.750. The van der Waals surface area contributed by atoms with Crippen molar-refractivity contribution in [2.45, 2.75) is 52.0 Å². The highest BCUT2D eigenvalue weighted by molar-refractivity contribution is 5.92. The fourth-order valence-corrected chi connectivity index (χ4v) is 4.21. The van der Waals surface area contributed by atoms with Crippen LogP contribution in [0.3, 0.4) is 0 Å². The third kappa shape index (κ3) is 2.36. The molecule has 0 radical (unpaired) electrons. The van der Waals surface area contributed by atoms with Gasteiger partial charge in [-0.25, -0.2) is 0 Å². The molecular formula is C16H25N3O. The summed E-state index contributed by atoms with van der Waals surface area (Å²) in [5, 5.41) is 7.55. The SMILES string of the molecule is CCc1cc(C(=O)N[C@@H](C)[C@@H]2C[C@@H]3CC[C@@H]2C3)n(C)n1. The van der Waals surface area contributed by atoms with Gasteiger partial charge in [0.15, 0.2) is 0 Å². The van der Waals surface area contributed by atoms with Crippen LogP contribution in [-0.2, 0) is 13.5 Å². The van der Waals surface area contributed by atoms with Crippen LogP contribution in [0.2, 0.25) is 0 Å². The van der Waals surface area contributed by atoms with Gasteiger partial charge in [0.1, 0.15) is 5.69 Å². The van der Waals surface area contributed by atoms with Crippen molar-refractivity contribution in [3.63, 3.8) is 0 Å². The van der Waals surface area contributed by atoms with Gasteiger partial charge in [-0.2, -0.15) is 5.10 Å². The number of hydrogen-bond acceptors (Lipinski definition) is 2. The summed E-state index contributed by atoms with van der Waals surface area (Å²) in [5.74, 6) is 2.47. The molecule has 1 aromatic rings. The van der Waals surface area contributed by atoms with Gasteiger partial charge >= 0.3 is 0 Å². The molecule has 0 spiro atoms. The highest BCUT2D eigenvalue weighted by Crippen LogP contribution is 2.49. The van der Waals surface area contributed by atoms with Gasteiger partial charge in [0, 0.05) is 13.1 Å². The first-order chi connectivity index (χ1) is 9.58. The lowest BCUT2D eigenvalue weighted by Crippen LogP contribution is -2.40. The molecule has 2 fully saturated rings. The quantitative estimate of drug-likeness (QED) is 0.918. The van der Waals surface area contributed by atoms with Crippen LogP contribution in [0.15, 0.2) is 6.07 Å². The Bertz CT molecular complexity index is 508. The van der Waals surface area contributed by atoms with Gasteiger partial charge in [0.2, 0.25) is 0 Å². The molecule has 3 rings (SSSR count). The minimum atomic E-state index is 0.0231. The van der Waals surface area contributed by atoms with Crippen LogP contribution >= 0.6 is 0 Å². The van der Waals surface area contributed by atoms with Gasteiger partial charge in [-0.15, -0.1) is 0 Å². The second kappa shape index (κ2) is 5.23. The Kier molecular flexibility index (Phi) is 3.57. The Morgan fingerprint density at radius 3 is 2.85 bits per heavy atom. The lowest BCUT2D eigenvalue weighted by Gasteiger charge is -2.28. The average molecular weight is 275 g/mol. The molecule has 0 saturated heterocycles. The zero-order valence-corrected chi connectivity index (χ0v) is 12.7. The number of carbonyl (C=O) groups is 1. The summed E-state index contributed by atoms with van der Waals surface area (Å²) < 4.78 is 1.70. The molecule has 1 aromatic heterocycles. The van der Waals surface area contributed by atoms with Gasteiger partial charge in [0.25, 0.3) is 5.91 Å². The maximum absolute atomic E-state index is 12.4. The molecule has 1 heterocycles. The number of rotatable bonds is 4. The van der Waals surface area contributed by atoms with Crippen LogP contribution in [0.1, 0.15) is 55.7 Å². The summed E-state index contributed by atoms with van der Waals surface area (Å²) in [7, 11) is 1.84. The van der Waals surface area contributed by atoms with Crippen LogP contribution in [-0.4, -0.2) is 21.7 Å². The summed E-state index contributed by atoms with van der Waals surface area (Å²) in [6, 6.07) is 2.18. The van der Waals surface area contributed by atoms with Crippen LogP contribution < -0.4 is 5.32 Å². The minimum Gasteiger partial charge on any atom is -0.348 e. The summed E-state index contributed by atoms with van der Waals surface area (Å²) in [5.41, 5.74) is 1.65. The number of carbonyl (C=O) groups excluding carboxylic acids is 1. The summed E-state index contributed by atoms with van der Waals surface area (Å²) >= 11 is 0. The molecule has 2 saturated carbocycles. The first-order valence-electron chi connectivity index (χ1n) is 7.92. The second-order valence-corrected chi connectivity index (χ2v) is 6.60. The van der Waals surface area contributed by atoms with Gasteiger partial charge in [-0.1, -0.05) is 13.3 Å². The van der Waals surface area contributed by atoms with E-state index in [4.69, 9.17) is 0 Å². The topological polar surface area (TPSA) is 46.9 Å². The molecule has 0 aromatic carbocycles. The van der Waals surface area contributed by atoms with Gasteiger partial charge in [-0.05, 0) is 56.4 Å². The van der Waals surface area contributed by atoms with Crippen LogP contribution in [0.5, 0.6) is 0 Å². The first kappa shape index (κ1) is 13.7. The number of nitrogens with one attached hydrogen (secondary N) is 1. The monoisotopic (exact) mass is 275 g/mol. The molecule has 4 atom stereocenters. The normalized spacial score (nSPS) is 29.6. The Balaban J connectivity index is 1.64. The number of hydrogen-bond donors (Lipinski definition) is 1. The van der Waals surface area contributed by atoms with Crippen molar-refractivity contribution >= 4 is 5.91 Å². The Morgan fingerprint density at radius 1 is 1.50 bits per heavy atom. The molecule has 110 valence electrons. The van der Waals surface area contributed by atoms with E-state index in [1.807, 2.05) is 13.1 Å². The van der Waals surface area contributed by atoms with E-state index in [0.717, 1.165) is 24.0 Å². The predicted molar refractivity (Wildman–Crippen MR) is 78.5 cm³/mol. The molecule has 20 heavy (non-hydrogen) atoms. The zero-order chi connectivity index (χ0) is 14.3. The number of amides is 1. The molecule has 1 N–H and O–H groups in total. The Hall–Kier alpha value is -1.32. The van der Waals surface area contributed by atoms with Crippen LogP contribution in [0, 0.1) is 17.8 Å². The highest BCUT2D eigenvalue weighted by Gasteiger charge is 2.42. The number of fused-ring (bicyclic) bond motifs is 2. The lowest BCUT2D eigenvalue weighted by atomic mass is 9.84. The average Bonchev–Trinajstić information content (AvgIpc) is 3.12. The van der Waals surface area contributed by atoms with E-state index in [-0.39, 0.29) is 11.9 Å². The van der Waals surface area contributed by atoms with E-state index >= 15 is 0 Å². The van der Waals surface area contributed by atoms with Gasteiger partial charge < -0.3 is 5.32 Å². The molecule has 2 aliphatic rings. The Labute approximate surface area is 120 Å². The van der Waals surface area contributed by atoms with Gasteiger partial charge in [0.05, 0.1) is 5.69 Å². The molecular weight excluding hydrogens is 250 g/mol. The maximum Gasteiger partial charge on any atom is 0.269 e. The molecule has 4 nitrogen and oxygen atoms in total. The van der Waals surface area contributed by atoms with Crippen molar-refractivity contribution in [1.29, 1.82) is 0 Å². The number of aryl methyl sites for hydroxylation is 2. The molecule has 2 bridgehead atoms. The largest absolute Gasteiger partial charge is 0.348 e. The summed E-state index contributed by atoms with van der Waals surface area (Å²) in [4.78, 5) is 12.4. The van der Waals surface area contributed by atoms with Crippen molar-refractivity contribution in [1.82, 2.24) is 15.1 Å².